The van der Waals surface area contributed by atoms with E-state index in [0.29, 0.717) is 5.16 Å². The fraction of sp³-hybridized carbons (Fsp3) is 0.250. The minimum Gasteiger partial charge on any atom is -0.301 e. The van der Waals surface area contributed by atoms with Crippen LogP contribution < -0.4 is 5.56 Å². The Morgan fingerprint density at radius 2 is 2.00 bits per heavy atom. The summed E-state index contributed by atoms with van der Waals surface area (Å²) in [4.78, 5) is 21.7. The van der Waals surface area contributed by atoms with Gasteiger partial charge in [0.25, 0.3) is 5.56 Å². The Kier molecular flexibility index (Phi) is 3.87. The van der Waals surface area contributed by atoms with E-state index < -0.39 is 0 Å². The molecule has 1 aromatic carbocycles. The van der Waals surface area contributed by atoms with Crippen molar-refractivity contribution in [2.45, 2.75) is 31.7 Å². The van der Waals surface area contributed by atoms with E-state index in [-0.39, 0.29) is 5.56 Å². The van der Waals surface area contributed by atoms with Gasteiger partial charge in [0, 0.05) is 10.6 Å². The molecule has 0 saturated carbocycles. The molecular formula is C16H16N2OS2. The van der Waals surface area contributed by atoms with Crippen molar-refractivity contribution >= 4 is 33.3 Å². The van der Waals surface area contributed by atoms with E-state index in [1.807, 2.05) is 26.0 Å². The van der Waals surface area contributed by atoms with Crippen molar-refractivity contribution < 1.29 is 0 Å². The van der Waals surface area contributed by atoms with Gasteiger partial charge in [-0.2, -0.15) is 0 Å². The van der Waals surface area contributed by atoms with Crippen LogP contribution in [0.2, 0.25) is 0 Å². The van der Waals surface area contributed by atoms with Crippen LogP contribution in [0.15, 0.2) is 34.2 Å². The summed E-state index contributed by atoms with van der Waals surface area (Å²) < 4.78 is 0. The fourth-order valence-corrected chi connectivity index (χ4v) is 4.25. The lowest BCUT2D eigenvalue weighted by molar-refractivity contribution is 0.978. The van der Waals surface area contributed by atoms with Crippen LogP contribution in [0.1, 0.15) is 21.6 Å². The second kappa shape index (κ2) is 5.66. The van der Waals surface area contributed by atoms with Crippen molar-refractivity contribution in [1.29, 1.82) is 0 Å². The lowest BCUT2D eigenvalue weighted by atomic mass is 10.1. The summed E-state index contributed by atoms with van der Waals surface area (Å²) in [7, 11) is 0. The molecule has 3 nitrogen and oxygen atoms in total. The smallest absolute Gasteiger partial charge is 0.260 e. The summed E-state index contributed by atoms with van der Waals surface area (Å²) in [6.45, 7) is 6.10. The summed E-state index contributed by atoms with van der Waals surface area (Å²) in [5.74, 6) is 0.810. The number of rotatable bonds is 3. The van der Waals surface area contributed by atoms with Crippen molar-refractivity contribution in [3.05, 3.63) is 56.2 Å². The van der Waals surface area contributed by atoms with E-state index in [2.05, 4.69) is 29.0 Å². The van der Waals surface area contributed by atoms with E-state index >= 15 is 0 Å². The van der Waals surface area contributed by atoms with Crippen LogP contribution in [0.3, 0.4) is 0 Å². The van der Waals surface area contributed by atoms with E-state index in [9.17, 15) is 4.79 Å². The van der Waals surface area contributed by atoms with Crippen molar-refractivity contribution in [2.24, 2.45) is 0 Å². The van der Waals surface area contributed by atoms with Crippen LogP contribution in [0.25, 0.3) is 10.2 Å². The van der Waals surface area contributed by atoms with Gasteiger partial charge in [0.05, 0.1) is 5.39 Å². The van der Waals surface area contributed by atoms with Gasteiger partial charge in [-0.05, 0) is 37.5 Å². The molecule has 5 heteroatoms. The molecule has 21 heavy (non-hydrogen) atoms. The molecule has 0 saturated heterocycles. The molecule has 0 fully saturated rings. The zero-order valence-corrected chi connectivity index (χ0v) is 13.8. The summed E-state index contributed by atoms with van der Waals surface area (Å²) >= 11 is 3.16. The maximum Gasteiger partial charge on any atom is 0.260 e. The van der Waals surface area contributed by atoms with Crippen molar-refractivity contribution in [3.63, 3.8) is 0 Å². The Balaban J connectivity index is 1.92. The Hall–Kier alpha value is -1.59. The molecule has 0 amide bonds. The molecular weight excluding hydrogens is 300 g/mol. The lowest BCUT2D eigenvalue weighted by Crippen LogP contribution is -2.08. The third-order valence-corrected chi connectivity index (χ3v) is 5.67. The van der Waals surface area contributed by atoms with Crippen LogP contribution in [0.5, 0.6) is 0 Å². The minimum atomic E-state index is -0.0332. The van der Waals surface area contributed by atoms with E-state index in [1.54, 1.807) is 23.1 Å². The van der Waals surface area contributed by atoms with Crippen molar-refractivity contribution in [2.75, 3.05) is 0 Å². The molecule has 0 bridgehead atoms. The zero-order chi connectivity index (χ0) is 15.0. The number of nitrogens with one attached hydrogen (secondary N) is 1. The highest BCUT2D eigenvalue weighted by Gasteiger charge is 2.12. The first-order chi connectivity index (χ1) is 10.1. The first-order valence-electron chi connectivity index (χ1n) is 6.73. The molecule has 0 atom stereocenters. The number of benzene rings is 1. The molecule has 0 aliphatic heterocycles. The summed E-state index contributed by atoms with van der Waals surface area (Å²) in [6.07, 6.45) is 0. The van der Waals surface area contributed by atoms with Crippen molar-refractivity contribution in [1.82, 2.24) is 9.97 Å². The average Bonchev–Trinajstić information content (AvgIpc) is 2.73. The average molecular weight is 316 g/mol. The number of thiophene rings is 1. The van der Waals surface area contributed by atoms with Crippen molar-refractivity contribution in [3.8, 4) is 0 Å². The van der Waals surface area contributed by atoms with Crippen LogP contribution in [-0.2, 0) is 5.75 Å². The molecule has 2 aromatic heterocycles. The van der Waals surface area contributed by atoms with Gasteiger partial charge >= 0.3 is 0 Å². The highest BCUT2D eigenvalue weighted by atomic mass is 32.2. The standard InChI is InChI=1S/C16H16N2OS2/c1-9-6-4-5-7-12(9)8-20-16-17-14(19)13-10(2)11(3)21-15(13)18-16/h4-7H,8H2,1-3H3,(H,17,18,19). The maximum atomic E-state index is 12.2. The van der Waals surface area contributed by atoms with Gasteiger partial charge in [-0.15, -0.1) is 11.3 Å². The second-order valence-corrected chi connectivity index (χ2v) is 7.22. The van der Waals surface area contributed by atoms with E-state index in [1.165, 1.54) is 11.1 Å². The molecule has 2 heterocycles. The predicted molar refractivity (Wildman–Crippen MR) is 90.5 cm³/mol. The third kappa shape index (κ3) is 2.76. The summed E-state index contributed by atoms with van der Waals surface area (Å²) in [5.41, 5.74) is 3.54. The van der Waals surface area contributed by atoms with Crippen LogP contribution >= 0.6 is 23.1 Å². The first kappa shape index (κ1) is 14.4. The number of aryl methyl sites for hydroxylation is 3. The molecule has 0 spiro atoms. The number of nitrogens with zero attached hydrogens (tertiary/aromatic N) is 1. The Morgan fingerprint density at radius 1 is 1.24 bits per heavy atom. The topological polar surface area (TPSA) is 45.8 Å². The van der Waals surface area contributed by atoms with Gasteiger partial charge in [-0.3, -0.25) is 4.79 Å². The summed E-state index contributed by atoms with van der Waals surface area (Å²) in [6, 6.07) is 8.28. The molecule has 1 N–H and O–H groups in total. The number of aromatic nitrogens is 2. The number of aromatic amines is 1. The van der Waals surface area contributed by atoms with Gasteiger partial charge in [-0.1, -0.05) is 36.0 Å². The number of thioether (sulfide) groups is 1. The zero-order valence-electron chi connectivity index (χ0n) is 12.2. The van der Waals surface area contributed by atoms with Gasteiger partial charge in [-0.25, -0.2) is 4.98 Å². The van der Waals surface area contributed by atoms with Gasteiger partial charge in [0.1, 0.15) is 4.83 Å². The predicted octanol–water partition coefficient (Wildman–Crippen LogP) is 4.20. The van der Waals surface area contributed by atoms with Gasteiger partial charge < -0.3 is 4.98 Å². The van der Waals surface area contributed by atoms with Crippen LogP contribution in [0, 0.1) is 20.8 Å². The number of H-pyrrole nitrogens is 1. The number of hydrogen-bond donors (Lipinski definition) is 1. The van der Waals surface area contributed by atoms with E-state index in [4.69, 9.17) is 0 Å². The molecule has 108 valence electrons. The number of hydrogen-bond acceptors (Lipinski definition) is 4. The van der Waals surface area contributed by atoms with Gasteiger partial charge in [0.15, 0.2) is 5.16 Å². The highest BCUT2D eigenvalue weighted by Crippen LogP contribution is 2.28. The van der Waals surface area contributed by atoms with Crippen LogP contribution in [0.4, 0.5) is 0 Å². The first-order valence-corrected chi connectivity index (χ1v) is 8.54. The normalized spacial score (nSPS) is 11.2. The Bertz CT molecular complexity index is 864. The quantitative estimate of drug-likeness (QED) is 0.582. The third-order valence-electron chi connectivity index (χ3n) is 3.64. The summed E-state index contributed by atoms with van der Waals surface area (Å²) in [5, 5.41) is 1.43. The lowest BCUT2D eigenvalue weighted by Gasteiger charge is -2.04. The Labute approximate surface area is 131 Å². The molecule has 3 aromatic rings. The molecule has 0 aliphatic carbocycles. The Morgan fingerprint density at radius 3 is 2.76 bits per heavy atom. The molecule has 3 rings (SSSR count). The fourth-order valence-electron chi connectivity index (χ4n) is 2.22. The minimum absolute atomic E-state index is 0.0332. The van der Waals surface area contributed by atoms with Crippen LogP contribution in [-0.4, -0.2) is 9.97 Å². The number of fused-ring (bicyclic) bond motifs is 1. The molecule has 0 unspecified atom stereocenters. The van der Waals surface area contributed by atoms with Gasteiger partial charge in [0.2, 0.25) is 0 Å². The van der Waals surface area contributed by atoms with E-state index in [0.717, 1.165) is 26.4 Å². The SMILES string of the molecule is Cc1ccccc1CSc1nc2sc(C)c(C)c2c(=O)[nH]1. The molecule has 0 radical (unpaired) electrons. The second-order valence-electron chi connectivity index (χ2n) is 5.05. The molecule has 0 aliphatic rings. The monoisotopic (exact) mass is 316 g/mol. The largest absolute Gasteiger partial charge is 0.301 e. The highest BCUT2D eigenvalue weighted by molar-refractivity contribution is 7.98. The maximum absolute atomic E-state index is 12.2.